The van der Waals surface area contributed by atoms with Gasteiger partial charge >= 0.3 is 5.97 Å². The smallest absolute Gasteiger partial charge is 0.348 e. The topological polar surface area (TPSA) is 84.3 Å². The molecule has 126 valence electrons. The molecule has 0 saturated heterocycles. The Morgan fingerprint density at radius 2 is 2.17 bits per heavy atom. The van der Waals surface area contributed by atoms with Crippen molar-refractivity contribution in [3.05, 3.63) is 16.8 Å². The number of aliphatic hydroxyl groups is 1. The summed E-state index contributed by atoms with van der Waals surface area (Å²) in [6.07, 6.45) is 2.24. The molecule has 0 amide bonds. The number of fused-ring (bicyclic) bond motifs is 1. The summed E-state index contributed by atoms with van der Waals surface area (Å²) >= 11 is 1.31. The van der Waals surface area contributed by atoms with Gasteiger partial charge in [0, 0.05) is 0 Å². The van der Waals surface area contributed by atoms with Crippen molar-refractivity contribution in [2.75, 3.05) is 18.5 Å². The molecule has 0 spiro atoms. The van der Waals surface area contributed by atoms with Gasteiger partial charge in [0.25, 0.3) is 0 Å². The van der Waals surface area contributed by atoms with Crippen LogP contribution in [0.1, 0.15) is 42.4 Å². The van der Waals surface area contributed by atoms with Gasteiger partial charge in [0.1, 0.15) is 21.9 Å². The maximum Gasteiger partial charge on any atom is 0.348 e. The zero-order chi connectivity index (χ0) is 17.0. The molecule has 2 aromatic heterocycles. The lowest BCUT2D eigenvalue weighted by atomic mass is 10.2. The highest BCUT2D eigenvalue weighted by Gasteiger charge is 2.21. The number of rotatable bonds is 7. The quantitative estimate of drug-likeness (QED) is 0.756. The Morgan fingerprint density at radius 1 is 1.43 bits per heavy atom. The van der Waals surface area contributed by atoms with Crippen LogP contribution in [-0.2, 0) is 4.74 Å². The van der Waals surface area contributed by atoms with Crippen LogP contribution in [0.25, 0.3) is 10.2 Å². The van der Waals surface area contributed by atoms with Crippen LogP contribution < -0.4 is 5.32 Å². The molecule has 2 heterocycles. The van der Waals surface area contributed by atoms with Gasteiger partial charge in [0.15, 0.2) is 0 Å². The highest BCUT2D eigenvalue weighted by Crippen LogP contribution is 2.34. The number of nitrogens with zero attached hydrogens (tertiary/aromatic N) is 2. The zero-order valence-electron chi connectivity index (χ0n) is 13.9. The minimum absolute atomic E-state index is 0.0223. The van der Waals surface area contributed by atoms with Gasteiger partial charge in [-0.25, -0.2) is 14.8 Å². The number of nitrogens with one attached hydrogen (secondary N) is 1. The molecule has 0 aliphatic rings. The summed E-state index contributed by atoms with van der Waals surface area (Å²) in [5.74, 6) is 0.618. The molecule has 0 aliphatic carbocycles. The van der Waals surface area contributed by atoms with Crippen LogP contribution in [0.3, 0.4) is 0 Å². The number of hydrogen-bond acceptors (Lipinski definition) is 7. The van der Waals surface area contributed by atoms with Gasteiger partial charge in [0.05, 0.1) is 24.6 Å². The van der Waals surface area contributed by atoms with E-state index < -0.39 is 0 Å². The molecule has 0 radical (unpaired) electrons. The molecular formula is C16H23N3O3S. The maximum absolute atomic E-state index is 12.3. The van der Waals surface area contributed by atoms with Crippen molar-refractivity contribution >= 4 is 33.3 Å². The first-order valence-electron chi connectivity index (χ1n) is 7.76. The summed E-state index contributed by atoms with van der Waals surface area (Å²) in [5.41, 5.74) is 0.814. The third kappa shape index (κ3) is 3.97. The minimum atomic E-state index is -0.320. The molecule has 0 aliphatic heterocycles. The molecule has 2 N–H and O–H groups in total. The number of carbonyl (C=O) groups is 1. The van der Waals surface area contributed by atoms with Crippen LogP contribution in [0, 0.1) is 12.8 Å². The van der Waals surface area contributed by atoms with Gasteiger partial charge in [-0.3, -0.25) is 0 Å². The normalized spacial score (nSPS) is 12.6. The average Bonchev–Trinajstić information content (AvgIpc) is 2.88. The number of aromatic nitrogens is 2. The number of thiophene rings is 1. The number of aliphatic hydroxyl groups excluding tert-OH is 1. The van der Waals surface area contributed by atoms with Gasteiger partial charge in [-0.2, -0.15) is 0 Å². The van der Waals surface area contributed by atoms with Crippen LogP contribution in [0.2, 0.25) is 0 Å². The number of anilines is 1. The molecule has 2 aromatic rings. The van der Waals surface area contributed by atoms with E-state index in [2.05, 4.69) is 15.3 Å². The monoisotopic (exact) mass is 337 g/mol. The van der Waals surface area contributed by atoms with E-state index in [-0.39, 0.29) is 18.6 Å². The number of hydrogen-bond donors (Lipinski definition) is 2. The van der Waals surface area contributed by atoms with E-state index in [0.717, 1.165) is 22.2 Å². The van der Waals surface area contributed by atoms with Crippen LogP contribution in [0.15, 0.2) is 6.33 Å². The van der Waals surface area contributed by atoms with Gasteiger partial charge in [-0.15, -0.1) is 11.3 Å². The Bertz CT molecular complexity index is 681. The SMILES string of the molecule is CCC(CO)Nc1ncnc2sc(C(=O)OCC(C)C)c(C)c12. The highest BCUT2D eigenvalue weighted by atomic mass is 32.1. The van der Waals surface area contributed by atoms with Crippen molar-refractivity contribution in [2.24, 2.45) is 5.92 Å². The molecule has 1 unspecified atom stereocenters. The fraction of sp³-hybridized carbons (Fsp3) is 0.562. The van der Waals surface area contributed by atoms with Crippen molar-refractivity contribution in [3.63, 3.8) is 0 Å². The Kier molecular flexibility index (Phi) is 5.90. The van der Waals surface area contributed by atoms with Crippen LogP contribution in [0.4, 0.5) is 5.82 Å². The molecule has 0 fully saturated rings. The Morgan fingerprint density at radius 3 is 2.78 bits per heavy atom. The molecular weight excluding hydrogens is 314 g/mol. The minimum Gasteiger partial charge on any atom is -0.461 e. The Balaban J connectivity index is 2.36. The third-order valence-electron chi connectivity index (χ3n) is 3.51. The fourth-order valence-corrected chi connectivity index (χ4v) is 3.20. The first-order valence-corrected chi connectivity index (χ1v) is 8.58. The fourth-order valence-electron chi connectivity index (χ4n) is 2.15. The zero-order valence-corrected chi connectivity index (χ0v) is 14.7. The lowest BCUT2D eigenvalue weighted by Crippen LogP contribution is -2.23. The van der Waals surface area contributed by atoms with E-state index in [1.54, 1.807) is 0 Å². The van der Waals surface area contributed by atoms with E-state index in [1.165, 1.54) is 17.7 Å². The lowest BCUT2D eigenvalue weighted by molar-refractivity contribution is 0.0464. The molecule has 6 nitrogen and oxygen atoms in total. The van der Waals surface area contributed by atoms with Crippen molar-refractivity contribution in [3.8, 4) is 0 Å². The standard InChI is InChI=1S/C16H23N3O3S/c1-5-11(6-20)19-14-12-10(4)13(16(21)22-7-9(2)3)23-15(12)18-8-17-14/h8-9,11,20H,5-7H2,1-4H3,(H,17,18,19). The third-order valence-corrected chi connectivity index (χ3v) is 4.69. The molecule has 7 heteroatoms. The predicted molar refractivity (Wildman–Crippen MR) is 92.1 cm³/mol. The van der Waals surface area contributed by atoms with Crippen molar-refractivity contribution < 1.29 is 14.6 Å². The molecule has 0 aromatic carbocycles. The predicted octanol–water partition coefficient (Wildman–Crippen LogP) is 3.00. The van der Waals surface area contributed by atoms with E-state index in [9.17, 15) is 9.90 Å². The van der Waals surface area contributed by atoms with Crippen molar-refractivity contribution in [2.45, 2.75) is 40.2 Å². The van der Waals surface area contributed by atoms with Crippen LogP contribution >= 0.6 is 11.3 Å². The van der Waals surface area contributed by atoms with Crippen molar-refractivity contribution in [1.82, 2.24) is 9.97 Å². The van der Waals surface area contributed by atoms with Gasteiger partial charge in [0.2, 0.25) is 0 Å². The molecule has 0 bridgehead atoms. The number of aryl methyl sites for hydroxylation is 1. The lowest BCUT2D eigenvalue weighted by Gasteiger charge is -2.15. The Hall–Kier alpha value is -1.73. The van der Waals surface area contributed by atoms with E-state index >= 15 is 0 Å². The number of esters is 1. The van der Waals surface area contributed by atoms with E-state index in [4.69, 9.17) is 4.74 Å². The van der Waals surface area contributed by atoms with E-state index in [1.807, 2.05) is 27.7 Å². The molecule has 23 heavy (non-hydrogen) atoms. The maximum atomic E-state index is 12.3. The summed E-state index contributed by atoms with van der Waals surface area (Å²) < 4.78 is 5.33. The Labute approximate surface area is 139 Å². The number of ether oxygens (including phenoxy) is 1. The number of carbonyl (C=O) groups excluding carboxylic acids is 1. The van der Waals surface area contributed by atoms with Crippen LogP contribution in [-0.4, -0.2) is 40.3 Å². The summed E-state index contributed by atoms with van der Waals surface area (Å²) in [4.78, 5) is 22.1. The molecule has 2 rings (SSSR count). The second-order valence-electron chi connectivity index (χ2n) is 5.88. The van der Waals surface area contributed by atoms with E-state index in [0.29, 0.717) is 23.2 Å². The largest absolute Gasteiger partial charge is 0.461 e. The summed E-state index contributed by atoms with van der Waals surface area (Å²) in [6, 6.07) is -0.0799. The second-order valence-corrected chi connectivity index (χ2v) is 6.88. The van der Waals surface area contributed by atoms with Gasteiger partial charge < -0.3 is 15.2 Å². The molecule has 1 atom stereocenters. The first kappa shape index (κ1) is 17.6. The highest BCUT2D eigenvalue weighted by molar-refractivity contribution is 7.20. The summed E-state index contributed by atoms with van der Waals surface area (Å²) in [6.45, 7) is 8.28. The van der Waals surface area contributed by atoms with Crippen LogP contribution in [0.5, 0.6) is 0 Å². The van der Waals surface area contributed by atoms with Crippen molar-refractivity contribution in [1.29, 1.82) is 0 Å². The summed E-state index contributed by atoms with van der Waals surface area (Å²) in [5, 5.41) is 13.4. The summed E-state index contributed by atoms with van der Waals surface area (Å²) in [7, 11) is 0. The van der Waals surface area contributed by atoms with Gasteiger partial charge in [-0.1, -0.05) is 20.8 Å². The first-order chi connectivity index (χ1) is 11.0. The van der Waals surface area contributed by atoms with Gasteiger partial charge in [-0.05, 0) is 24.8 Å². The molecule has 0 saturated carbocycles. The average molecular weight is 337 g/mol. The second kappa shape index (κ2) is 7.70.